The molecule has 1 saturated carbocycles. The van der Waals surface area contributed by atoms with Crippen molar-refractivity contribution in [2.24, 2.45) is 5.41 Å². The molecule has 0 bridgehead atoms. The zero-order valence-corrected chi connectivity index (χ0v) is 10.2. The van der Waals surface area contributed by atoms with Gasteiger partial charge in [-0.25, -0.2) is 9.97 Å². The van der Waals surface area contributed by atoms with E-state index in [4.69, 9.17) is 5.26 Å². The Morgan fingerprint density at radius 2 is 2.12 bits per heavy atom. The van der Waals surface area contributed by atoms with Gasteiger partial charge < -0.3 is 5.32 Å². The van der Waals surface area contributed by atoms with Gasteiger partial charge in [0.05, 0.1) is 12.4 Å². The number of hydrogen-bond donors (Lipinski definition) is 1. The van der Waals surface area contributed by atoms with Gasteiger partial charge in [0.1, 0.15) is 11.9 Å². The summed E-state index contributed by atoms with van der Waals surface area (Å²) >= 11 is 0. The quantitative estimate of drug-likeness (QED) is 0.863. The first-order valence-corrected chi connectivity index (χ1v) is 6.24. The Kier molecular flexibility index (Phi) is 3.58. The summed E-state index contributed by atoms with van der Waals surface area (Å²) in [6.45, 7) is 3.22. The molecule has 90 valence electrons. The average molecular weight is 230 g/mol. The Balaban J connectivity index is 1.94. The number of rotatable bonds is 4. The van der Waals surface area contributed by atoms with Crippen LogP contribution in [0.1, 0.15) is 44.7 Å². The molecule has 0 spiro atoms. The maximum Gasteiger partial charge on any atom is 0.158 e. The predicted octanol–water partition coefficient (Wildman–Crippen LogP) is 2.73. The summed E-state index contributed by atoms with van der Waals surface area (Å²) in [6.07, 6.45) is 9.65. The number of aromatic nitrogens is 2. The highest BCUT2D eigenvalue weighted by molar-refractivity contribution is 5.33. The van der Waals surface area contributed by atoms with Crippen LogP contribution in [-0.4, -0.2) is 16.5 Å². The highest BCUT2D eigenvalue weighted by Gasteiger charge is 2.31. The molecule has 2 rings (SSSR count). The third-order valence-corrected chi connectivity index (χ3v) is 3.83. The van der Waals surface area contributed by atoms with Crippen molar-refractivity contribution in [3.05, 3.63) is 18.1 Å². The lowest BCUT2D eigenvalue weighted by Crippen LogP contribution is -2.26. The molecule has 0 unspecified atom stereocenters. The van der Waals surface area contributed by atoms with E-state index in [1.54, 1.807) is 6.20 Å². The van der Waals surface area contributed by atoms with Crippen LogP contribution in [0.25, 0.3) is 0 Å². The fourth-order valence-electron chi connectivity index (χ4n) is 2.54. The van der Waals surface area contributed by atoms with Gasteiger partial charge in [0.25, 0.3) is 0 Å². The van der Waals surface area contributed by atoms with Gasteiger partial charge >= 0.3 is 0 Å². The van der Waals surface area contributed by atoms with Crippen molar-refractivity contribution in [1.82, 2.24) is 9.97 Å². The lowest BCUT2D eigenvalue weighted by Gasteiger charge is -2.27. The zero-order valence-electron chi connectivity index (χ0n) is 10.2. The molecule has 1 aromatic rings. The number of hydrogen-bond acceptors (Lipinski definition) is 4. The smallest absolute Gasteiger partial charge is 0.158 e. The predicted molar refractivity (Wildman–Crippen MR) is 66.4 cm³/mol. The summed E-state index contributed by atoms with van der Waals surface area (Å²) in [7, 11) is 0. The van der Waals surface area contributed by atoms with Crippen LogP contribution in [-0.2, 0) is 0 Å². The van der Waals surface area contributed by atoms with Gasteiger partial charge in [-0.1, -0.05) is 19.8 Å². The highest BCUT2D eigenvalue weighted by atomic mass is 15.0. The van der Waals surface area contributed by atoms with Crippen LogP contribution < -0.4 is 5.32 Å². The number of nitrogens with one attached hydrogen (secondary N) is 1. The summed E-state index contributed by atoms with van der Waals surface area (Å²) < 4.78 is 0. The van der Waals surface area contributed by atoms with Gasteiger partial charge in [0.2, 0.25) is 0 Å². The van der Waals surface area contributed by atoms with Crippen molar-refractivity contribution >= 4 is 5.82 Å². The van der Waals surface area contributed by atoms with Crippen LogP contribution in [0, 0.1) is 16.7 Å². The van der Waals surface area contributed by atoms with Crippen molar-refractivity contribution < 1.29 is 0 Å². The topological polar surface area (TPSA) is 61.6 Å². The summed E-state index contributed by atoms with van der Waals surface area (Å²) in [6, 6.07) is 1.97. The molecule has 1 aliphatic carbocycles. The summed E-state index contributed by atoms with van der Waals surface area (Å²) in [5, 5.41) is 12.0. The number of nitriles is 1. The molecule has 1 N–H and O–H groups in total. The molecular weight excluding hydrogens is 212 g/mol. The zero-order chi connectivity index (χ0) is 12.1. The lowest BCUT2D eigenvalue weighted by atomic mass is 9.83. The first-order valence-electron chi connectivity index (χ1n) is 6.24. The first-order chi connectivity index (χ1) is 8.28. The molecule has 1 fully saturated rings. The second-order valence-corrected chi connectivity index (χ2v) is 4.81. The van der Waals surface area contributed by atoms with Crippen molar-refractivity contribution in [2.45, 2.75) is 39.0 Å². The minimum Gasteiger partial charge on any atom is -0.368 e. The Bertz CT molecular complexity index is 398. The van der Waals surface area contributed by atoms with Gasteiger partial charge in [0.15, 0.2) is 5.69 Å². The maximum absolute atomic E-state index is 8.64. The van der Waals surface area contributed by atoms with Crippen LogP contribution in [0.5, 0.6) is 0 Å². The van der Waals surface area contributed by atoms with Crippen molar-refractivity contribution in [3.8, 4) is 6.07 Å². The molecule has 1 heterocycles. The van der Waals surface area contributed by atoms with Gasteiger partial charge in [-0.2, -0.15) is 5.26 Å². The molecule has 1 aromatic heterocycles. The van der Waals surface area contributed by atoms with Gasteiger partial charge in [-0.05, 0) is 24.7 Å². The minimum absolute atomic E-state index is 0.363. The molecule has 0 aromatic carbocycles. The van der Waals surface area contributed by atoms with E-state index in [0.717, 1.165) is 12.4 Å². The second kappa shape index (κ2) is 5.13. The van der Waals surface area contributed by atoms with Gasteiger partial charge in [-0.15, -0.1) is 0 Å². The maximum atomic E-state index is 8.64. The van der Waals surface area contributed by atoms with E-state index in [9.17, 15) is 0 Å². The molecule has 0 atom stereocenters. The van der Waals surface area contributed by atoms with Crippen molar-refractivity contribution in [2.75, 3.05) is 11.9 Å². The van der Waals surface area contributed by atoms with E-state index in [1.807, 2.05) is 6.07 Å². The third kappa shape index (κ3) is 2.73. The fourth-order valence-corrected chi connectivity index (χ4v) is 2.54. The van der Waals surface area contributed by atoms with Crippen LogP contribution in [0.3, 0.4) is 0 Å². The Morgan fingerprint density at radius 3 is 2.65 bits per heavy atom. The Labute approximate surface area is 102 Å². The van der Waals surface area contributed by atoms with Crippen LogP contribution in [0.2, 0.25) is 0 Å². The summed E-state index contributed by atoms with van der Waals surface area (Å²) in [4.78, 5) is 8.18. The number of anilines is 1. The minimum atomic E-state index is 0.363. The molecule has 4 nitrogen and oxygen atoms in total. The van der Waals surface area contributed by atoms with E-state index in [0.29, 0.717) is 11.1 Å². The van der Waals surface area contributed by atoms with Crippen molar-refractivity contribution in [1.29, 1.82) is 5.26 Å². The first kappa shape index (κ1) is 11.8. The van der Waals surface area contributed by atoms with Crippen molar-refractivity contribution in [3.63, 3.8) is 0 Å². The Hall–Kier alpha value is -1.63. The molecule has 4 heteroatoms. The average Bonchev–Trinajstić information content (AvgIpc) is 2.86. The largest absolute Gasteiger partial charge is 0.368 e. The fraction of sp³-hybridized carbons (Fsp3) is 0.615. The van der Waals surface area contributed by atoms with Crippen LogP contribution in [0.15, 0.2) is 12.4 Å². The van der Waals surface area contributed by atoms with E-state index in [-0.39, 0.29) is 0 Å². The van der Waals surface area contributed by atoms with Gasteiger partial charge in [0, 0.05) is 6.54 Å². The summed E-state index contributed by atoms with van der Waals surface area (Å²) in [5.74, 6) is 0.767. The standard InChI is InChI=1S/C13H18N4/c1-2-13(5-3-4-6-13)10-17-12-9-15-11(7-14)8-16-12/h8-9H,2-6,10H2,1H3,(H,16,17). The van der Waals surface area contributed by atoms with Gasteiger partial charge in [-0.3, -0.25) is 0 Å². The summed E-state index contributed by atoms with van der Waals surface area (Å²) in [5.41, 5.74) is 0.803. The van der Waals surface area contributed by atoms with Crippen LogP contribution >= 0.6 is 0 Å². The second-order valence-electron chi connectivity index (χ2n) is 4.81. The van der Waals surface area contributed by atoms with E-state index >= 15 is 0 Å². The molecule has 17 heavy (non-hydrogen) atoms. The highest BCUT2D eigenvalue weighted by Crippen LogP contribution is 2.40. The van der Waals surface area contributed by atoms with E-state index in [1.165, 1.54) is 38.3 Å². The molecule has 0 aliphatic heterocycles. The molecule has 0 amide bonds. The Morgan fingerprint density at radius 1 is 1.35 bits per heavy atom. The molecule has 0 saturated heterocycles. The van der Waals surface area contributed by atoms with E-state index < -0.39 is 0 Å². The van der Waals surface area contributed by atoms with E-state index in [2.05, 4.69) is 22.2 Å². The molecule has 1 aliphatic rings. The molecule has 0 radical (unpaired) electrons. The monoisotopic (exact) mass is 230 g/mol. The lowest BCUT2D eigenvalue weighted by molar-refractivity contribution is 0.306. The number of nitrogens with zero attached hydrogens (tertiary/aromatic N) is 3. The SMILES string of the molecule is CCC1(CNc2cnc(C#N)cn2)CCCC1. The third-order valence-electron chi connectivity index (χ3n) is 3.83. The molecular formula is C13H18N4. The normalized spacial score (nSPS) is 17.6. The van der Waals surface area contributed by atoms with Crippen LogP contribution in [0.4, 0.5) is 5.82 Å².